The molecule has 1 aromatic rings. The Labute approximate surface area is 107 Å². The van der Waals surface area contributed by atoms with Crippen LogP contribution in [0.5, 0.6) is 0 Å². The Morgan fingerprint density at radius 1 is 1.47 bits per heavy atom. The number of rotatable bonds is 6. The van der Waals surface area contributed by atoms with E-state index < -0.39 is 9.84 Å². The average Bonchev–Trinajstić information content (AvgIpc) is 2.29. The van der Waals surface area contributed by atoms with Crippen LogP contribution in [0.3, 0.4) is 0 Å². The van der Waals surface area contributed by atoms with Crippen LogP contribution in [-0.4, -0.2) is 24.9 Å². The van der Waals surface area contributed by atoms with Gasteiger partial charge in [0.1, 0.15) is 9.84 Å². The van der Waals surface area contributed by atoms with Crippen molar-refractivity contribution < 1.29 is 8.42 Å². The second-order valence-electron chi connectivity index (χ2n) is 3.89. The van der Waals surface area contributed by atoms with Gasteiger partial charge < -0.3 is 5.73 Å². The summed E-state index contributed by atoms with van der Waals surface area (Å²) < 4.78 is 22.6. The van der Waals surface area contributed by atoms with Crippen molar-refractivity contribution in [2.24, 2.45) is 5.73 Å². The van der Waals surface area contributed by atoms with Crippen molar-refractivity contribution in [2.75, 3.05) is 11.5 Å². The molecule has 0 spiro atoms. The van der Waals surface area contributed by atoms with Gasteiger partial charge in [-0.3, -0.25) is 4.98 Å². The monoisotopic (exact) mass is 276 g/mol. The van der Waals surface area contributed by atoms with Crippen molar-refractivity contribution in [3.05, 3.63) is 29.0 Å². The number of sulfone groups is 1. The minimum Gasteiger partial charge on any atom is -0.323 e. The zero-order chi connectivity index (χ0) is 12.9. The van der Waals surface area contributed by atoms with Crippen LogP contribution in [0, 0.1) is 0 Å². The molecule has 1 atom stereocenters. The Kier molecular flexibility index (Phi) is 5.36. The summed E-state index contributed by atoms with van der Waals surface area (Å²) in [6, 6.07) is 3.26. The number of nitrogens with zero attached hydrogens (tertiary/aromatic N) is 1. The Bertz CT molecular complexity index is 445. The van der Waals surface area contributed by atoms with Crippen molar-refractivity contribution in [2.45, 2.75) is 25.8 Å². The van der Waals surface area contributed by atoms with Crippen molar-refractivity contribution >= 4 is 21.4 Å². The molecule has 2 N–H and O–H groups in total. The Balaban J connectivity index is 2.45. The molecule has 0 aromatic carbocycles. The molecule has 1 aromatic heterocycles. The molecule has 17 heavy (non-hydrogen) atoms. The zero-order valence-corrected chi connectivity index (χ0v) is 11.3. The molecule has 0 aliphatic carbocycles. The summed E-state index contributed by atoms with van der Waals surface area (Å²) in [5, 5.41) is 0.564. The molecule has 0 saturated heterocycles. The minimum absolute atomic E-state index is 0.182. The Morgan fingerprint density at radius 2 is 2.18 bits per heavy atom. The van der Waals surface area contributed by atoms with E-state index in [0.29, 0.717) is 17.9 Å². The second-order valence-corrected chi connectivity index (χ2v) is 6.80. The quantitative estimate of drug-likeness (QED) is 0.862. The third kappa shape index (κ3) is 5.02. The zero-order valence-electron chi connectivity index (χ0n) is 9.77. The first-order valence-corrected chi connectivity index (χ1v) is 7.72. The van der Waals surface area contributed by atoms with E-state index in [1.165, 1.54) is 0 Å². The molecule has 0 radical (unpaired) electrons. The van der Waals surface area contributed by atoms with Crippen molar-refractivity contribution in [3.63, 3.8) is 0 Å². The Morgan fingerprint density at radius 3 is 2.71 bits per heavy atom. The molecule has 1 unspecified atom stereocenters. The third-order valence-electron chi connectivity index (χ3n) is 2.54. The van der Waals surface area contributed by atoms with Gasteiger partial charge in [-0.25, -0.2) is 8.42 Å². The van der Waals surface area contributed by atoms with Gasteiger partial charge in [-0.05, 0) is 25.0 Å². The smallest absolute Gasteiger partial charge is 0.150 e. The topological polar surface area (TPSA) is 73.0 Å². The van der Waals surface area contributed by atoms with Gasteiger partial charge in [0.25, 0.3) is 0 Å². The number of hydrogen-bond donors (Lipinski definition) is 1. The van der Waals surface area contributed by atoms with Gasteiger partial charge in [-0.2, -0.15) is 0 Å². The van der Waals surface area contributed by atoms with Gasteiger partial charge in [-0.1, -0.05) is 18.5 Å². The molecule has 1 rings (SSSR count). The van der Waals surface area contributed by atoms with Crippen molar-refractivity contribution in [3.8, 4) is 0 Å². The van der Waals surface area contributed by atoms with E-state index in [2.05, 4.69) is 4.98 Å². The fraction of sp³-hybridized carbons (Fsp3) is 0.545. The van der Waals surface area contributed by atoms with Gasteiger partial charge in [-0.15, -0.1) is 0 Å². The summed E-state index contributed by atoms with van der Waals surface area (Å²) in [7, 11) is -2.90. The maximum absolute atomic E-state index is 11.3. The standard InChI is InChI=1S/C11H17ClN2O2S/c1-2-17(15,16)7-3-4-10(13)11-6-5-9(12)8-14-11/h5-6,8,10H,2-4,7,13H2,1H3. The lowest BCUT2D eigenvalue weighted by atomic mass is 10.1. The minimum atomic E-state index is -2.90. The van der Waals surface area contributed by atoms with Gasteiger partial charge in [0.2, 0.25) is 0 Å². The van der Waals surface area contributed by atoms with Crippen LogP contribution in [0.2, 0.25) is 5.02 Å². The van der Waals surface area contributed by atoms with E-state index >= 15 is 0 Å². The summed E-state index contributed by atoms with van der Waals surface area (Å²) >= 11 is 5.72. The predicted molar refractivity (Wildman–Crippen MR) is 69.7 cm³/mol. The molecule has 0 fully saturated rings. The summed E-state index contributed by atoms with van der Waals surface area (Å²) in [5.41, 5.74) is 6.65. The fourth-order valence-corrected chi connectivity index (χ4v) is 2.43. The van der Waals surface area contributed by atoms with E-state index in [1.807, 2.05) is 0 Å². The van der Waals surface area contributed by atoms with Gasteiger partial charge in [0, 0.05) is 18.0 Å². The lowest BCUT2D eigenvalue weighted by molar-refractivity contribution is 0.580. The van der Waals surface area contributed by atoms with Gasteiger partial charge in [0.15, 0.2) is 0 Å². The molecular weight excluding hydrogens is 260 g/mol. The third-order valence-corrected chi connectivity index (χ3v) is 4.55. The van der Waals surface area contributed by atoms with E-state index in [4.69, 9.17) is 17.3 Å². The average molecular weight is 277 g/mol. The van der Waals surface area contributed by atoms with Crippen LogP contribution in [0.4, 0.5) is 0 Å². The largest absolute Gasteiger partial charge is 0.323 e. The molecule has 0 aliphatic heterocycles. The van der Waals surface area contributed by atoms with Crippen LogP contribution < -0.4 is 5.73 Å². The number of aromatic nitrogens is 1. The highest BCUT2D eigenvalue weighted by Crippen LogP contribution is 2.16. The van der Waals surface area contributed by atoms with Crippen LogP contribution in [0.15, 0.2) is 18.3 Å². The van der Waals surface area contributed by atoms with E-state index in [0.717, 1.165) is 5.69 Å². The van der Waals surface area contributed by atoms with Crippen LogP contribution in [-0.2, 0) is 9.84 Å². The molecule has 4 nitrogen and oxygen atoms in total. The molecule has 1 heterocycles. The summed E-state index contributed by atoms with van der Waals surface area (Å²) in [5.74, 6) is 0.367. The summed E-state index contributed by atoms with van der Waals surface area (Å²) in [4.78, 5) is 4.11. The lowest BCUT2D eigenvalue weighted by Gasteiger charge is -2.10. The first kappa shape index (κ1) is 14.4. The number of hydrogen-bond acceptors (Lipinski definition) is 4. The Hall–Kier alpha value is -0.650. The number of halogens is 1. The molecule has 0 bridgehead atoms. The molecule has 6 heteroatoms. The normalized spacial score (nSPS) is 13.6. The summed E-state index contributed by atoms with van der Waals surface area (Å²) in [6.45, 7) is 1.65. The molecular formula is C11H17ClN2O2S. The number of nitrogens with two attached hydrogens (primary N) is 1. The lowest BCUT2D eigenvalue weighted by Crippen LogP contribution is -2.15. The predicted octanol–water partition coefficient (Wildman–Crippen LogP) is 1.95. The van der Waals surface area contributed by atoms with Crippen LogP contribution >= 0.6 is 11.6 Å². The first-order chi connectivity index (χ1) is 7.94. The highest BCUT2D eigenvalue weighted by molar-refractivity contribution is 7.91. The fourth-order valence-electron chi connectivity index (χ4n) is 1.42. The second kappa shape index (κ2) is 6.33. The highest BCUT2D eigenvalue weighted by atomic mass is 35.5. The van der Waals surface area contributed by atoms with Gasteiger partial charge >= 0.3 is 0 Å². The van der Waals surface area contributed by atoms with Crippen molar-refractivity contribution in [1.29, 1.82) is 0 Å². The SMILES string of the molecule is CCS(=O)(=O)CCCC(N)c1ccc(Cl)cn1. The maximum Gasteiger partial charge on any atom is 0.150 e. The van der Waals surface area contributed by atoms with Crippen LogP contribution in [0.1, 0.15) is 31.5 Å². The van der Waals surface area contributed by atoms with Gasteiger partial charge in [0.05, 0.1) is 16.5 Å². The highest BCUT2D eigenvalue weighted by Gasteiger charge is 2.11. The first-order valence-electron chi connectivity index (χ1n) is 5.52. The summed E-state index contributed by atoms with van der Waals surface area (Å²) in [6.07, 6.45) is 2.70. The van der Waals surface area contributed by atoms with E-state index in [-0.39, 0.29) is 17.5 Å². The van der Waals surface area contributed by atoms with E-state index in [1.54, 1.807) is 25.3 Å². The maximum atomic E-state index is 11.3. The molecule has 0 amide bonds. The number of pyridine rings is 1. The molecule has 0 aliphatic rings. The van der Waals surface area contributed by atoms with Crippen LogP contribution in [0.25, 0.3) is 0 Å². The van der Waals surface area contributed by atoms with E-state index in [9.17, 15) is 8.42 Å². The molecule has 96 valence electrons. The van der Waals surface area contributed by atoms with Crippen molar-refractivity contribution in [1.82, 2.24) is 4.98 Å². The molecule has 0 saturated carbocycles.